The fraction of sp³-hybridized carbons (Fsp3) is 0.235. The molecule has 0 saturated carbocycles. The van der Waals surface area contributed by atoms with Crippen molar-refractivity contribution in [3.8, 4) is 0 Å². The standard InChI is InChI=1S/C17H14ClF3N4O2/c1-9(2)13-8-22-15-12(7-14(18)23-25(13)15)24(16(26)27)11-5-3-4-10(6-11)17(19,20)21/h3-9H,1-2H3,(H,26,27). The monoisotopic (exact) mass is 398 g/mol. The molecule has 0 aliphatic heterocycles. The van der Waals surface area contributed by atoms with E-state index in [0.29, 0.717) is 10.6 Å². The van der Waals surface area contributed by atoms with Gasteiger partial charge in [0, 0.05) is 6.07 Å². The Bertz CT molecular complexity index is 1020. The van der Waals surface area contributed by atoms with Crippen LogP contribution in [0.2, 0.25) is 5.15 Å². The van der Waals surface area contributed by atoms with Gasteiger partial charge in [-0.3, -0.25) is 0 Å². The summed E-state index contributed by atoms with van der Waals surface area (Å²) in [6.07, 6.45) is -4.56. The molecule has 0 bridgehead atoms. The number of hydrogen-bond acceptors (Lipinski definition) is 3. The maximum Gasteiger partial charge on any atom is 0.416 e. The van der Waals surface area contributed by atoms with Crippen LogP contribution in [0.4, 0.5) is 29.3 Å². The lowest BCUT2D eigenvalue weighted by Crippen LogP contribution is -2.25. The highest BCUT2D eigenvalue weighted by molar-refractivity contribution is 6.29. The minimum Gasteiger partial charge on any atom is -0.464 e. The molecule has 0 spiro atoms. The van der Waals surface area contributed by atoms with Crippen LogP contribution in [0.25, 0.3) is 5.65 Å². The van der Waals surface area contributed by atoms with E-state index in [1.54, 1.807) is 0 Å². The highest BCUT2D eigenvalue weighted by atomic mass is 35.5. The molecule has 2 heterocycles. The molecule has 6 nitrogen and oxygen atoms in total. The van der Waals surface area contributed by atoms with Crippen molar-refractivity contribution in [2.24, 2.45) is 0 Å². The molecule has 142 valence electrons. The number of alkyl halides is 3. The van der Waals surface area contributed by atoms with E-state index in [9.17, 15) is 23.1 Å². The van der Waals surface area contributed by atoms with Crippen LogP contribution in [0.15, 0.2) is 36.5 Å². The van der Waals surface area contributed by atoms with Crippen molar-refractivity contribution >= 4 is 34.7 Å². The average molecular weight is 399 g/mol. The minimum atomic E-state index is -4.61. The average Bonchev–Trinajstić information content (AvgIpc) is 2.98. The summed E-state index contributed by atoms with van der Waals surface area (Å²) in [5.41, 5.74) is -0.288. The number of hydrogen-bond donors (Lipinski definition) is 1. The van der Waals surface area contributed by atoms with E-state index in [0.717, 1.165) is 18.2 Å². The van der Waals surface area contributed by atoms with Gasteiger partial charge in [0.15, 0.2) is 10.8 Å². The van der Waals surface area contributed by atoms with E-state index in [2.05, 4.69) is 10.1 Å². The number of carbonyl (C=O) groups is 1. The molecule has 1 N–H and O–H groups in total. The van der Waals surface area contributed by atoms with Crippen molar-refractivity contribution in [3.63, 3.8) is 0 Å². The van der Waals surface area contributed by atoms with Crippen LogP contribution < -0.4 is 4.90 Å². The number of rotatable bonds is 3. The number of amides is 1. The van der Waals surface area contributed by atoms with Gasteiger partial charge in [0.05, 0.1) is 23.1 Å². The molecular formula is C17H14ClF3N4O2. The first-order valence-corrected chi connectivity index (χ1v) is 8.22. The van der Waals surface area contributed by atoms with Gasteiger partial charge in [-0.1, -0.05) is 31.5 Å². The number of anilines is 2. The summed E-state index contributed by atoms with van der Waals surface area (Å²) in [7, 11) is 0. The Morgan fingerprint density at radius 3 is 2.59 bits per heavy atom. The Morgan fingerprint density at radius 1 is 1.30 bits per heavy atom. The maximum atomic E-state index is 13.0. The molecule has 0 saturated heterocycles. The molecule has 0 radical (unpaired) electrons. The van der Waals surface area contributed by atoms with Gasteiger partial charge in [-0.25, -0.2) is 19.2 Å². The number of halogens is 4. The van der Waals surface area contributed by atoms with E-state index in [1.807, 2.05) is 13.8 Å². The topological polar surface area (TPSA) is 70.7 Å². The molecule has 10 heteroatoms. The second-order valence-corrected chi connectivity index (χ2v) is 6.48. The summed E-state index contributed by atoms with van der Waals surface area (Å²) in [5, 5.41) is 13.8. The van der Waals surface area contributed by atoms with Crippen LogP contribution in [0.3, 0.4) is 0 Å². The molecule has 0 unspecified atom stereocenters. The number of aromatic nitrogens is 3. The Hall–Kier alpha value is -2.81. The zero-order valence-corrected chi connectivity index (χ0v) is 15.0. The minimum absolute atomic E-state index is 0.00808. The Balaban J connectivity index is 2.24. The zero-order valence-electron chi connectivity index (χ0n) is 14.2. The van der Waals surface area contributed by atoms with Crippen LogP contribution in [0.1, 0.15) is 31.0 Å². The third-order valence-corrected chi connectivity index (χ3v) is 4.08. The van der Waals surface area contributed by atoms with Crippen LogP contribution in [-0.2, 0) is 6.18 Å². The maximum absolute atomic E-state index is 13.0. The summed E-state index contributed by atoms with van der Waals surface area (Å²) in [6.45, 7) is 3.79. The van der Waals surface area contributed by atoms with Crippen molar-refractivity contribution in [3.05, 3.63) is 52.9 Å². The molecule has 1 aromatic carbocycles. The predicted octanol–water partition coefficient (Wildman–Crippen LogP) is 5.34. The second kappa shape index (κ2) is 6.73. The Morgan fingerprint density at radius 2 is 2.00 bits per heavy atom. The third-order valence-electron chi connectivity index (χ3n) is 3.90. The molecule has 0 atom stereocenters. The molecule has 0 aliphatic carbocycles. The molecule has 0 fully saturated rings. The fourth-order valence-corrected chi connectivity index (χ4v) is 2.85. The second-order valence-electron chi connectivity index (χ2n) is 6.09. The van der Waals surface area contributed by atoms with Crippen LogP contribution in [0.5, 0.6) is 0 Å². The van der Waals surface area contributed by atoms with Crippen molar-refractivity contribution in [1.82, 2.24) is 14.6 Å². The number of carboxylic acid groups (broad SMARTS) is 1. The third kappa shape index (κ3) is 3.55. The highest BCUT2D eigenvalue weighted by Crippen LogP contribution is 2.36. The summed E-state index contributed by atoms with van der Waals surface area (Å²) < 4.78 is 40.5. The largest absolute Gasteiger partial charge is 0.464 e. The number of imidazole rings is 1. The van der Waals surface area contributed by atoms with Crippen molar-refractivity contribution in [2.75, 3.05) is 4.90 Å². The van der Waals surface area contributed by atoms with Crippen molar-refractivity contribution < 1.29 is 23.1 Å². The lowest BCUT2D eigenvalue weighted by molar-refractivity contribution is -0.137. The normalized spacial score (nSPS) is 12.0. The van der Waals surface area contributed by atoms with Gasteiger partial charge in [0.1, 0.15) is 5.69 Å². The highest BCUT2D eigenvalue weighted by Gasteiger charge is 2.32. The van der Waals surface area contributed by atoms with Gasteiger partial charge in [-0.15, -0.1) is 0 Å². The van der Waals surface area contributed by atoms with Gasteiger partial charge < -0.3 is 5.11 Å². The summed E-state index contributed by atoms with van der Waals surface area (Å²) in [4.78, 5) is 16.8. The summed E-state index contributed by atoms with van der Waals surface area (Å²) in [6, 6.07) is 5.28. The quantitative estimate of drug-likeness (QED) is 0.646. The molecule has 3 rings (SSSR count). The van der Waals surface area contributed by atoms with E-state index >= 15 is 0 Å². The van der Waals surface area contributed by atoms with Gasteiger partial charge in [0.2, 0.25) is 0 Å². The Labute approximate surface area is 156 Å². The van der Waals surface area contributed by atoms with Gasteiger partial charge in [-0.2, -0.15) is 18.3 Å². The fourth-order valence-electron chi connectivity index (χ4n) is 2.67. The van der Waals surface area contributed by atoms with Crippen LogP contribution >= 0.6 is 11.6 Å². The lowest BCUT2D eigenvalue weighted by Gasteiger charge is -2.21. The number of nitrogens with zero attached hydrogens (tertiary/aromatic N) is 4. The molecule has 1 amide bonds. The first-order valence-electron chi connectivity index (χ1n) is 7.84. The van der Waals surface area contributed by atoms with E-state index in [4.69, 9.17) is 11.6 Å². The molecule has 2 aromatic heterocycles. The molecule has 27 heavy (non-hydrogen) atoms. The summed E-state index contributed by atoms with van der Waals surface area (Å²) in [5.74, 6) is 0.0191. The first kappa shape index (κ1) is 19.0. The van der Waals surface area contributed by atoms with Gasteiger partial charge in [0.25, 0.3) is 0 Å². The lowest BCUT2D eigenvalue weighted by atomic mass is 10.1. The smallest absolute Gasteiger partial charge is 0.416 e. The number of fused-ring (bicyclic) bond motifs is 1. The molecular weight excluding hydrogens is 385 g/mol. The SMILES string of the molecule is CC(C)c1cnc2c(N(C(=O)O)c3cccc(C(F)(F)F)c3)cc(Cl)nn12. The van der Waals surface area contributed by atoms with Gasteiger partial charge in [-0.05, 0) is 24.1 Å². The van der Waals surface area contributed by atoms with Gasteiger partial charge >= 0.3 is 12.3 Å². The van der Waals surface area contributed by atoms with Crippen molar-refractivity contribution in [2.45, 2.75) is 25.9 Å². The number of benzene rings is 1. The van der Waals surface area contributed by atoms with E-state index < -0.39 is 17.8 Å². The first-order chi connectivity index (χ1) is 12.6. The zero-order chi connectivity index (χ0) is 19.9. The molecule has 0 aliphatic rings. The van der Waals surface area contributed by atoms with Crippen LogP contribution in [-0.4, -0.2) is 25.8 Å². The predicted molar refractivity (Wildman–Crippen MR) is 93.7 cm³/mol. The van der Waals surface area contributed by atoms with E-state index in [1.165, 1.54) is 22.8 Å². The van der Waals surface area contributed by atoms with Crippen molar-refractivity contribution in [1.29, 1.82) is 0 Å². The Kier molecular flexibility index (Phi) is 4.73. The van der Waals surface area contributed by atoms with E-state index in [-0.39, 0.29) is 28.1 Å². The molecule has 3 aromatic rings. The summed E-state index contributed by atoms with van der Waals surface area (Å²) >= 11 is 6.04. The van der Waals surface area contributed by atoms with Crippen LogP contribution in [0, 0.1) is 0 Å².